The largest absolute Gasteiger partial charge is 0.394 e. The number of aliphatic hydroxyl groups is 1. The molecule has 2 heterocycles. The zero-order valence-corrected chi connectivity index (χ0v) is 19.1. The van der Waals surface area contributed by atoms with Crippen LogP contribution in [-0.4, -0.2) is 58.5 Å². The first-order chi connectivity index (χ1) is 16.5. The van der Waals surface area contributed by atoms with Gasteiger partial charge in [-0.3, -0.25) is 9.59 Å². The monoisotopic (exact) mass is 460 g/mol. The van der Waals surface area contributed by atoms with E-state index in [1.807, 2.05) is 24.3 Å². The van der Waals surface area contributed by atoms with E-state index in [4.69, 9.17) is 0 Å². The molecule has 176 valence electrons. The molecule has 1 N–H and O–H groups in total. The van der Waals surface area contributed by atoms with Crippen molar-refractivity contribution in [1.29, 1.82) is 0 Å². The molecule has 3 fully saturated rings. The molecule has 2 saturated heterocycles. The molecule has 0 radical (unpaired) electrons. The topological polar surface area (TPSA) is 60.9 Å². The molecule has 0 aromatic heterocycles. The van der Waals surface area contributed by atoms with E-state index >= 15 is 0 Å². The van der Waals surface area contributed by atoms with Crippen LogP contribution in [0.25, 0.3) is 0 Å². The highest BCUT2D eigenvalue weighted by molar-refractivity contribution is 5.88. The van der Waals surface area contributed by atoms with E-state index in [1.54, 1.807) is 21.9 Å². The zero-order chi connectivity index (χ0) is 23.7. The molecule has 2 aromatic rings. The average Bonchev–Trinajstić information content (AvgIpc) is 2.85. The van der Waals surface area contributed by atoms with E-state index in [-0.39, 0.29) is 54.7 Å². The Morgan fingerprint density at radius 3 is 2.47 bits per heavy atom. The van der Waals surface area contributed by atoms with Gasteiger partial charge < -0.3 is 14.9 Å². The molecule has 0 spiro atoms. The number of hydrogen-bond acceptors (Lipinski definition) is 3. The summed E-state index contributed by atoms with van der Waals surface area (Å²) in [5.74, 6) is 5.76. The Hall–Kier alpha value is -3.17. The van der Waals surface area contributed by atoms with Gasteiger partial charge in [0.2, 0.25) is 11.8 Å². The molecule has 5 rings (SSSR count). The Kier molecular flexibility index (Phi) is 6.38. The Balaban J connectivity index is 1.32. The van der Waals surface area contributed by atoms with Crippen molar-refractivity contribution in [2.24, 2.45) is 5.92 Å². The first-order valence-corrected chi connectivity index (χ1v) is 12.1. The van der Waals surface area contributed by atoms with E-state index < -0.39 is 0 Å². The van der Waals surface area contributed by atoms with Crippen LogP contribution in [0.5, 0.6) is 0 Å². The molecule has 1 aliphatic carbocycles. The number of carbonyl (C=O) groups excluding carboxylic acids is 2. The maximum atomic E-state index is 13.4. The standard InChI is InChI=1S/C28H29FN2O3/c29-23-8-4-5-20(15-23)10-9-19-11-13-21(14-12-19)27-24-16-30(17-26(33)31(24)25(27)18-32)28(34)22-6-2-1-3-7-22/h4-5,8,11-15,22,24-25,27,32H,1-3,6-7,16-18H2/t24-,25-,27-/m0/s1. The fourth-order valence-corrected chi connectivity index (χ4v) is 5.77. The number of amides is 2. The molecule has 6 heteroatoms. The van der Waals surface area contributed by atoms with Crippen molar-refractivity contribution < 1.29 is 19.1 Å². The number of aliphatic hydroxyl groups excluding tert-OH is 1. The zero-order valence-electron chi connectivity index (χ0n) is 19.1. The van der Waals surface area contributed by atoms with E-state index in [9.17, 15) is 19.1 Å². The maximum absolute atomic E-state index is 13.4. The van der Waals surface area contributed by atoms with E-state index in [0.29, 0.717) is 12.1 Å². The van der Waals surface area contributed by atoms with Gasteiger partial charge in [0.05, 0.1) is 25.2 Å². The van der Waals surface area contributed by atoms with Gasteiger partial charge in [0.25, 0.3) is 0 Å². The van der Waals surface area contributed by atoms with Gasteiger partial charge in [0.15, 0.2) is 0 Å². The Labute approximate surface area is 199 Å². The number of nitrogens with zero attached hydrogens (tertiary/aromatic N) is 2. The van der Waals surface area contributed by atoms with E-state index in [0.717, 1.165) is 36.8 Å². The van der Waals surface area contributed by atoms with Gasteiger partial charge in [0.1, 0.15) is 5.82 Å². The number of hydrogen-bond donors (Lipinski definition) is 1. The molecular formula is C28H29FN2O3. The van der Waals surface area contributed by atoms with Crippen LogP contribution in [-0.2, 0) is 9.59 Å². The predicted octanol–water partition coefficient (Wildman–Crippen LogP) is 3.30. The van der Waals surface area contributed by atoms with Crippen LogP contribution in [0.3, 0.4) is 0 Å². The highest BCUT2D eigenvalue weighted by Gasteiger charge is 2.54. The molecule has 1 saturated carbocycles. The van der Waals surface area contributed by atoms with Crippen molar-refractivity contribution in [3.63, 3.8) is 0 Å². The maximum Gasteiger partial charge on any atom is 0.242 e. The van der Waals surface area contributed by atoms with Gasteiger partial charge in [-0.05, 0) is 48.7 Å². The van der Waals surface area contributed by atoms with E-state index in [1.165, 1.54) is 18.6 Å². The number of halogens is 1. The Morgan fingerprint density at radius 1 is 1.03 bits per heavy atom. The third kappa shape index (κ3) is 4.33. The molecule has 2 aromatic carbocycles. The first kappa shape index (κ1) is 22.6. The van der Waals surface area contributed by atoms with Gasteiger partial charge in [0, 0.05) is 29.5 Å². The van der Waals surface area contributed by atoms with Crippen LogP contribution < -0.4 is 0 Å². The van der Waals surface area contributed by atoms with Crippen molar-refractivity contribution in [1.82, 2.24) is 9.80 Å². The summed E-state index contributed by atoms with van der Waals surface area (Å²) in [5.41, 5.74) is 2.44. The number of rotatable bonds is 3. The summed E-state index contributed by atoms with van der Waals surface area (Å²) in [4.78, 5) is 29.5. The molecular weight excluding hydrogens is 431 g/mol. The Morgan fingerprint density at radius 2 is 1.76 bits per heavy atom. The minimum absolute atomic E-state index is 0.0267. The molecule has 3 atom stereocenters. The lowest BCUT2D eigenvalue weighted by Crippen LogP contribution is -2.73. The lowest BCUT2D eigenvalue weighted by Gasteiger charge is -2.59. The van der Waals surface area contributed by atoms with E-state index in [2.05, 4.69) is 11.8 Å². The lowest BCUT2D eigenvalue weighted by atomic mass is 9.73. The summed E-state index contributed by atoms with van der Waals surface area (Å²) >= 11 is 0. The summed E-state index contributed by atoms with van der Waals surface area (Å²) < 4.78 is 13.4. The summed E-state index contributed by atoms with van der Waals surface area (Å²) in [6.45, 7) is 0.525. The molecule has 34 heavy (non-hydrogen) atoms. The molecule has 3 aliphatic rings. The second-order valence-corrected chi connectivity index (χ2v) is 9.58. The summed E-state index contributed by atoms with van der Waals surface area (Å²) in [5, 5.41) is 10.0. The number of fused-ring (bicyclic) bond motifs is 1. The van der Waals surface area contributed by atoms with Crippen molar-refractivity contribution >= 4 is 11.8 Å². The van der Waals surface area contributed by atoms with Crippen LogP contribution in [0.15, 0.2) is 48.5 Å². The first-order valence-electron chi connectivity index (χ1n) is 12.1. The molecule has 2 aliphatic heterocycles. The number of carbonyl (C=O) groups is 2. The summed E-state index contributed by atoms with van der Waals surface area (Å²) in [7, 11) is 0. The predicted molar refractivity (Wildman–Crippen MR) is 126 cm³/mol. The van der Waals surface area contributed by atoms with Crippen molar-refractivity contribution in [2.75, 3.05) is 19.7 Å². The second kappa shape index (κ2) is 9.60. The molecule has 2 amide bonds. The normalized spacial score (nSPS) is 24.6. The molecule has 0 bridgehead atoms. The van der Waals surface area contributed by atoms with Crippen LogP contribution in [0.1, 0.15) is 54.7 Å². The molecule has 5 nitrogen and oxygen atoms in total. The summed E-state index contributed by atoms with van der Waals surface area (Å²) in [6, 6.07) is 13.6. The SMILES string of the molecule is O=C(C1CCCCC1)N1CC(=O)N2[C@@H](CO)[C@@H](c3ccc(C#Cc4cccc(F)c4)cc3)[C@@H]2C1. The van der Waals surface area contributed by atoms with Gasteiger partial charge in [-0.1, -0.05) is 49.3 Å². The minimum atomic E-state index is -0.315. The van der Waals surface area contributed by atoms with Crippen LogP contribution >= 0.6 is 0 Å². The van der Waals surface area contributed by atoms with Crippen molar-refractivity contribution in [3.8, 4) is 11.8 Å². The highest BCUT2D eigenvalue weighted by atomic mass is 19.1. The second-order valence-electron chi connectivity index (χ2n) is 9.58. The Bertz CT molecular complexity index is 1130. The van der Waals surface area contributed by atoms with Gasteiger partial charge in [-0.25, -0.2) is 4.39 Å². The fraction of sp³-hybridized carbons (Fsp3) is 0.429. The third-order valence-electron chi connectivity index (χ3n) is 7.49. The third-order valence-corrected chi connectivity index (χ3v) is 7.49. The van der Waals surface area contributed by atoms with Crippen molar-refractivity contribution in [2.45, 2.75) is 50.1 Å². The smallest absolute Gasteiger partial charge is 0.242 e. The average molecular weight is 461 g/mol. The quantitative estimate of drug-likeness (QED) is 0.715. The summed E-state index contributed by atoms with van der Waals surface area (Å²) in [6.07, 6.45) is 5.17. The van der Waals surface area contributed by atoms with Crippen LogP contribution in [0.2, 0.25) is 0 Å². The molecule has 0 unspecified atom stereocenters. The number of benzene rings is 2. The van der Waals surface area contributed by atoms with Gasteiger partial charge in [-0.15, -0.1) is 0 Å². The van der Waals surface area contributed by atoms with Gasteiger partial charge in [-0.2, -0.15) is 0 Å². The van der Waals surface area contributed by atoms with Crippen LogP contribution in [0, 0.1) is 23.6 Å². The van der Waals surface area contributed by atoms with Crippen molar-refractivity contribution in [3.05, 3.63) is 71.0 Å². The van der Waals surface area contributed by atoms with Gasteiger partial charge >= 0.3 is 0 Å². The van der Waals surface area contributed by atoms with Crippen LogP contribution in [0.4, 0.5) is 4.39 Å². The highest BCUT2D eigenvalue weighted by Crippen LogP contribution is 2.43. The minimum Gasteiger partial charge on any atom is -0.394 e. The fourth-order valence-electron chi connectivity index (χ4n) is 5.77. The lowest BCUT2D eigenvalue weighted by molar-refractivity contribution is -0.168. The number of piperazine rings is 1.